The summed E-state index contributed by atoms with van der Waals surface area (Å²) in [5, 5.41) is 10.9. The van der Waals surface area contributed by atoms with Gasteiger partial charge in [0.15, 0.2) is 5.65 Å². The van der Waals surface area contributed by atoms with E-state index in [1.165, 1.54) is 6.33 Å². The van der Waals surface area contributed by atoms with E-state index in [1.54, 1.807) is 0 Å². The van der Waals surface area contributed by atoms with Gasteiger partial charge in [0.1, 0.15) is 16.7 Å². The lowest BCUT2D eigenvalue weighted by Gasteiger charge is -2.09. The van der Waals surface area contributed by atoms with Gasteiger partial charge >= 0.3 is 0 Å². The van der Waals surface area contributed by atoms with E-state index in [0.29, 0.717) is 23.7 Å². The summed E-state index contributed by atoms with van der Waals surface area (Å²) in [6.07, 6.45) is 1.46. The van der Waals surface area contributed by atoms with E-state index in [4.69, 9.17) is 11.5 Å². The molecule has 20 heavy (non-hydrogen) atoms. The monoisotopic (exact) mass is 333 g/mol. The molecular weight excluding hydrogens is 322 g/mol. The van der Waals surface area contributed by atoms with Gasteiger partial charge in [0.25, 0.3) is 0 Å². The number of aromatic amines is 1. The lowest BCUT2D eigenvalue weighted by atomic mass is 10.1. The van der Waals surface area contributed by atoms with Crippen molar-refractivity contribution in [3.8, 4) is 0 Å². The number of benzene rings is 1. The van der Waals surface area contributed by atoms with Crippen molar-refractivity contribution in [3.05, 3.63) is 34.7 Å². The van der Waals surface area contributed by atoms with Crippen molar-refractivity contribution in [2.45, 2.75) is 6.54 Å². The third-order valence-electron chi connectivity index (χ3n) is 2.93. The maximum Gasteiger partial charge on any atom is 0.187 e. The number of nitrogens with two attached hydrogens (primary N) is 2. The van der Waals surface area contributed by atoms with Gasteiger partial charge in [-0.15, -0.1) is 0 Å². The number of hydrogen-bond donors (Lipinski definition) is 4. The van der Waals surface area contributed by atoms with E-state index in [1.807, 2.05) is 18.2 Å². The molecule has 7 nitrogen and oxygen atoms in total. The third-order valence-corrected chi connectivity index (χ3v) is 3.51. The van der Waals surface area contributed by atoms with Crippen molar-refractivity contribution in [3.63, 3.8) is 0 Å². The molecule has 0 aliphatic heterocycles. The molecule has 0 saturated heterocycles. The molecule has 8 heteroatoms. The van der Waals surface area contributed by atoms with Crippen LogP contribution >= 0.6 is 15.9 Å². The highest BCUT2D eigenvalue weighted by atomic mass is 79.9. The van der Waals surface area contributed by atoms with Gasteiger partial charge in [-0.1, -0.05) is 0 Å². The van der Waals surface area contributed by atoms with Crippen LogP contribution in [0.4, 0.5) is 17.2 Å². The van der Waals surface area contributed by atoms with Gasteiger partial charge in [-0.25, -0.2) is 9.97 Å². The van der Waals surface area contributed by atoms with Crippen molar-refractivity contribution in [1.82, 2.24) is 20.2 Å². The molecule has 0 amide bonds. The molecule has 0 radical (unpaired) electrons. The van der Waals surface area contributed by atoms with Gasteiger partial charge in [0.2, 0.25) is 0 Å². The van der Waals surface area contributed by atoms with Crippen LogP contribution in [0.2, 0.25) is 0 Å². The minimum Gasteiger partial charge on any atom is -0.398 e. The molecule has 2 aromatic heterocycles. The molecule has 0 unspecified atom stereocenters. The van der Waals surface area contributed by atoms with E-state index in [2.05, 4.69) is 41.4 Å². The Labute approximate surface area is 122 Å². The predicted molar refractivity (Wildman–Crippen MR) is 81.4 cm³/mol. The molecular formula is C12H12BrN7. The lowest BCUT2D eigenvalue weighted by molar-refractivity contribution is 1.07. The normalized spacial score (nSPS) is 10.9. The van der Waals surface area contributed by atoms with Gasteiger partial charge < -0.3 is 16.8 Å². The summed E-state index contributed by atoms with van der Waals surface area (Å²) >= 11 is 3.39. The minimum atomic E-state index is 0.385. The van der Waals surface area contributed by atoms with Crippen molar-refractivity contribution in [2.24, 2.45) is 5.73 Å². The second-order valence-corrected chi connectivity index (χ2v) is 4.99. The summed E-state index contributed by atoms with van der Waals surface area (Å²) in [6.45, 7) is 0.385. The number of rotatable bonds is 3. The number of hydrogen-bond acceptors (Lipinski definition) is 6. The standard InChI is InChI=1S/C12H12BrN7/c13-10-9-11(16-5-17-12(9)20-19-10)18-7-1-2-8(15)6(3-7)4-14/h1-3,5H,4,14-15H2,(H2,16,17,18,19,20). The first-order valence-corrected chi connectivity index (χ1v) is 6.68. The van der Waals surface area contributed by atoms with Crippen LogP contribution in [-0.4, -0.2) is 20.2 Å². The van der Waals surface area contributed by atoms with Crippen LogP contribution in [0.25, 0.3) is 11.0 Å². The zero-order valence-corrected chi connectivity index (χ0v) is 12.0. The topological polar surface area (TPSA) is 119 Å². The average Bonchev–Trinajstić information content (AvgIpc) is 2.84. The van der Waals surface area contributed by atoms with Crippen molar-refractivity contribution >= 4 is 44.2 Å². The van der Waals surface area contributed by atoms with E-state index in [9.17, 15) is 0 Å². The Morgan fingerprint density at radius 1 is 1.30 bits per heavy atom. The second kappa shape index (κ2) is 5.06. The largest absolute Gasteiger partial charge is 0.398 e. The van der Waals surface area contributed by atoms with Crippen LogP contribution in [0, 0.1) is 0 Å². The van der Waals surface area contributed by atoms with Crippen LogP contribution in [-0.2, 0) is 6.54 Å². The highest BCUT2D eigenvalue weighted by Gasteiger charge is 2.11. The van der Waals surface area contributed by atoms with Crippen molar-refractivity contribution in [1.29, 1.82) is 0 Å². The SMILES string of the molecule is NCc1cc(Nc2ncnc3n[nH]c(Br)c23)ccc1N. The Kier molecular flexibility index (Phi) is 3.25. The molecule has 0 saturated carbocycles. The van der Waals surface area contributed by atoms with Gasteiger partial charge in [-0.2, -0.15) is 5.10 Å². The third kappa shape index (κ3) is 2.19. The summed E-state index contributed by atoms with van der Waals surface area (Å²) in [5.41, 5.74) is 14.5. The molecule has 0 spiro atoms. The number of aromatic nitrogens is 4. The molecule has 6 N–H and O–H groups in total. The summed E-state index contributed by atoms with van der Waals surface area (Å²) in [4.78, 5) is 8.33. The highest BCUT2D eigenvalue weighted by Crippen LogP contribution is 2.28. The maximum absolute atomic E-state index is 5.84. The number of nitrogens with zero attached hydrogens (tertiary/aromatic N) is 3. The first-order valence-electron chi connectivity index (χ1n) is 5.89. The predicted octanol–water partition coefficient (Wildman–Crippen LogP) is 1.90. The van der Waals surface area contributed by atoms with Gasteiger partial charge in [-0.05, 0) is 39.7 Å². The number of halogens is 1. The molecule has 3 aromatic rings. The fourth-order valence-corrected chi connectivity index (χ4v) is 2.37. The van der Waals surface area contributed by atoms with Gasteiger partial charge in [0.05, 0.1) is 5.39 Å². The quantitative estimate of drug-likeness (QED) is 0.543. The molecule has 2 heterocycles. The van der Waals surface area contributed by atoms with Crippen LogP contribution in [0.3, 0.4) is 0 Å². The molecule has 0 bridgehead atoms. The highest BCUT2D eigenvalue weighted by molar-refractivity contribution is 9.10. The fourth-order valence-electron chi connectivity index (χ4n) is 1.91. The Bertz CT molecular complexity index is 768. The van der Waals surface area contributed by atoms with Crippen LogP contribution < -0.4 is 16.8 Å². The Morgan fingerprint density at radius 2 is 2.15 bits per heavy atom. The number of fused-ring (bicyclic) bond motifs is 1. The molecule has 0 aliphatic rings. The van der Waals surface area contributed by atoms with Gasteiger partial charge in [-0.3, -0.25) is 5.10 Å². The first kappa shape index (κ1) is 12.8. The smallest absolute Gasteiger partial charge is 0.187 e. The Hall–Kier alpha value is -2.19. The summed E-state index contributed by atoms with van der Waals surface area (Å²) in [7, 11) is 0. The zero-order chi connectivity index (χ0) is 14.1. The van der Waals surface area contributed by atoms with Crippen molar-refractivity contribution < 1.29 is 0 Å². The number of nitrogen functional groups attached to an aromatic ring is 1. The van der Waals surface area contributed by atoms with E-state index in [0.717, 1.165) is 21.2 Å². The maximum atomic E-state index is 5.84. The molecule has 102 valence electrons. The fraction of sp³-hybridized carbons (Fsp3) is 0.0833. The Morgan fingerprint density at radius 3 is 2.95 bits per heavy atom. The number of anilines is 3. The molecule has 0 fully saturated rings. The van der Waals surface area contributed by atoms with Crippen LogP contribution in [0.1, 0.15) is 5.56 Å². The van der Waals surface area contributed by atoms with Crippen molar-refractivity contribution in [2.75, 3.05) is 11.1 Å². The minimum absolute atomic E-state index is 0.385. The van der Waals surface area contributed by atoms with Gasteiger partial charge in [0, 0.05) is 17.9 Å². The second-order valence-electron chi connectivity index (χ2n) is 4.20. The lowest BCUT2D eigenvalue weighted by Crippen LogP contribution is -2.03. The molecule has 0 aliphatic carbocycles. The summed E-state index contributed by atoms with van der Waals surface area (Å²) in [5.74, 6) is 0.656. The Balaban J connectivity index is 2.03. The van der Waals surface area contributed by atoms with E-state index >= 15 is 0 Å². The zero-order valence-electron chi connectivity index (χ0n) is 10.4. The first-order chi connectivity index (χ1) is 9.69. The summed E-state index contributed by atoms with van der Waals surface area (Å²) < 4.78 is 0.727. The van der Waals surface area contributed by atoms with E-state index in [-0.39, 0.29) is 0 Å². The average molecular weight is 334 g/mol. The number of nitrogens with one attached hydrogen (secondary N) is 2. The van der Waals surface area contributed by atoms with Crippen LogP contribution in [0.15, 0.2) is 29.1 Å². The number of H-pyrrole nitrogens is 1. The summed E-state index contributed by atoms with van der Waals surface area (Å²) in [6, 6.07) is 5.58. The van der Waals surface area contributed by atoms with Crippen LogP contribution in [0.5, 0.6) is 0 Å². The molecule has 3 rings (SSSR count). The van der Waals surface area contributed by atoms with E-state index < -0.39 is 0 Å². The molecule has 1 aromatic carbocycles. The molecule has 0 atom stereocenters.